The molecule has 0 heterocycles. The smallest absolute Gasteiger partial charge is 0.0219 e. The fourth-order valence-electron chi connectivity index (χ4n) is 0.636. The Labute approximate surface area is 57.1 Å². The van der Waals surface area contributed by atoms with Gasteiger partial charge in [-0.25, -0.2) is 0 Å². The Hall–Kier alpha value is -0.340. The second-order valence-corrected chi connectivity index (χ2v) is 2.38. The van der Waals surface area contributed by atoms with Crippen molar-refractivity contribution in [3.8, 4) is 0 Å². The molecule has 0 rings (SSSR count). The monoisotopic (exact) mass is 128 g/mol. The minimum atomic E-state index is 0.359. The number of nitrogens with one attached hydrogen (secondary N) is 1. The summed E-state index contributed by atoms with van der Waals surface area (Å²) in [7, 11) is 0. The van der Waals surface area contributed by atoms with Crippen LogP contribution in [0.5, 0.6) is 0 Å². The van der Waals surface area contributed by atoms with E-state index in [1.807, 2.05) is 6.92 Å². The minimum absolute atomic E-state index is 0.359. The van der Waals surface area contributed by atoms with E-state index in [4.69, 9.17) is 5.84 Å². The van der Waals surface area contributed by atoms with Gasteiger partial charge >= 0.3 is 0 Å². The molecule has 0 spiro atoms. The van der Waals surface area contributed by atoms with Crippen molar-refractivity contribution in [1.29, 1.82) is 0 Å². The summed E-state index contributed by atoms with van der Waals surface area (Å²) in [4.78, 5) is 0. The maximum Gasteiger partial charge on any atom is 0.0219 e. The first-order valence-electron chi connectivity index (χ1n) is 3.33. The summed E-state index contributed by atoms with van der Waals surface area (Å²) < 4.78 is 0. The second kappa shape index (κ2) is 4.53. The van der Waals surface area contributed by atoms with Gasteiger partial charge in [0.15, 0.2) is 0 Å². The molecule has 2 nitrogen and oxygen atoms in total. The summed E-state index contributed by atoms with van der Waals surface area (Å²) in [6.45, 7) is 8.01. The molecule has 0 aliphatic rings. The third-order valence-corrected chi connectivity index (χ3v) is 1.38. The zero-order chi connectivity index (χ0) is 7.28. The van der Waals surface area contributed by atoms with Crippen LogP contribution in [0.4, 0.5) is 0 Å². The van der Waals surface area contributed by atoms with Crippen molar-refractivity contribution in [2.24, 2.45) is 5.84 Å². The Morgan fingerprint density at radius 2 is 2.33 bits per heavy atom. The normalized spacial score (nSPS) is 13.2. The molecule has 0 fully saturated rings. The molecule has 0 saturated heterocycles. The van der Waals surface area contributed by atoms with Crippen LogP contribution in [0, 0.1) is 0 Å². The summed E-state index contributed by atoms with van der Waals surface area (Å²) in [6.07, 6.45) is 2.03. The molecule has 3 N–H and O–H groups in total. The van der Waals surface area contributed by atoms with Gasteiger partial charge in [-0.05, 0) is 19.8 Å². The molecule has 0 aliphatic heterocycles. The molecule has 9 heavy (non-hydrogen) atoms. The first-order chi connectivity index (χ1) is 4.20. The predicted octanol–water partition coefficient (Wildman–Crippen LogP) is 1.19. The van der Waals surface area contributed by atoms with Crippen LogP contribution in [0.15, 0.2) is 12.2 Å². The van der Waals surface area contributed by atoms with Gasteiger partial charge in [-0.1, -0.05) is 19.1 Å². The molecule has 0 aromatic carbocycles. The molecule has 1 unspecified atom stereocenters. The van der Waals surface area contributed by atoms with E-state index >= 15 is 0 Å². The molecule has 54 valence electrons. The highest BCUT2D eigenvalue weighted by molar-refractivity contribution is 4.94. The fraction of sp³-hybridized carbons (Fsp3) is 0.714. The van der Waals surface area contributed by atoms with E-state index in [1.54, 1.807) is 0 Å². The van der Waals surface area contributed by atoms with Gasteiger partial charge < -0.3 is 0 Å². The zero-order valence-electron chi connectivity index (χ0n) is 6.28. The lowest BCUT2D eigenvalue weighted by molar-refractivity contribution is 0.560. The molecule has 0 aliphatic carbocycles. The van der Waals surface area contributed by atoms with E-state index in [2.05, 4.69) is 18.9 Å². The van der Waals surface area contributed by atoms with Crippen LogP contribution < -0.4 is 11.3 Å². The second-order valence-electron chi connectivity index (χ2n) is 2.38. The van der Waals surface area contributed by atoms with Gasteiger partial charge in [-0.2, -0.15) is 0 Å². The molecule has 0 amide bonds. The van der Waals surface area contributed by atoms with E-state index < -0.39 is 0 Å². The summed E-state index contributed by atoms with van der Waals surface area (Å²) >= 11 is 0. The van der Waals surface area contributed by atoms with Gasteiger partial charge in [0.05, 0.1) is 0 Å². The van der Waals surface area contributed by atoms with E-state index in [0.717, 1.165) is 12.8 Å². The Morgan fingerprint density at radius 1 is 1.78 bits per heavy atom. The maximum absolute atomic E-state index is 5.18. The summed E-state index contributed by atoms with van der Waals surface area (Å²) in [6, 6.07) is 0.359. The van der Waals surface area contributed by atoms with Crippen LogP contribution in [-0.2, 0) is 0 Å². The van der Waals surface area contributed by atoms with Gasteiger partial charge in [0.1, 0.15) is 0 Å². The molecule has 0 radical (unpaired) electrons. The van der Waals surface area contributed by atoms with Gasteiger partial charge in [0, 0.05) is 6.04 Å². The Morgan fingerprint density at radius 3 is 2.67 bits per heavy atom. The van der Waals surface area contributed by atoms with Crippen LogP contribution in [-0.4, -0.2) is 6.04 Å². The van der Waals surface area contributed by atoms with E-state index in [0.29, 0.717) is 6.04 Å². The quantitative estimate of drug-likeness (QED) is 0.339. The van der Waals surface area contributed by atoms with Crippen molar-refractivity contribution in [2.45, 2.75) is 32.7 Å². The SMILES string of the molecule is C=C(CC)CC(C)NN. The molecular weight excluding hydrogens is 112 g/mol. The van der Waals surface area contributed by atoms with Gasteiger partial charge in [-0.15, -0.1) is 0 Å². The molecule has 0 saturated carbocycles. The van der Waals surface area contributed by atoms with E-state index in [1.165, 1.54) is 5.57 Å². The molecule has 2 heteroatoms. The van der Waals surface area contributed by atoms with Crippen LogP contribution in [0.2, 0.25) is 0 Å². The average Bonchev–Trinajstić information content (AvgIpc) is 1.87. The fourth-order valence-corrected chi connectivity index (χ4v) is 0.636. The highest BCUT2D eigenvalue weighted by atomic mass is 15.2. The molecule has 0 aromatic heterocycles. The summed E-state index contributed by atoms with van der Waals surface area (Å²) in [5.74, 6) is 5.18. The molecule has 0 bridgehead atoms. The summed E-state index contributed by atoms with van der Waals surface area (Å²) in [5, 5.41) is 0. The van der Waals surface area contributed by atoms with Gasteiger partial charge in [0.2, 0.25) is 0 Å². The first-order valence-corrected chi connectivity index (χ1v) is 3.33. The van der Waals surface area contributed by atoms with Crippen molar-refractivity contribution in [2.75, 3.05) is 0 Å². The van der Waals surface area contributed by atoms with E-state index in [9.17, 15) is 0 Å². The van der Waals surface area contributed by atoms with Crippen molar-refractivity contribution < 1.29 is 0 Å². The van der Waals surface area contributed by atoms with Gasteiger partial charge in [-0.3, -0.25) is 11.3 Å². The Kier molecular flexibility index (Phi) is 4.36. The Balaban J connectivity index is 3.34. The first kappa shape index (κ1) is 8.66. The van der Waals surface area contributed by atoms with Crippen LogP contribution in [0.3, 0.4) is 0 Å². The largest absolute Gasteiger partial charge is 0.271 e. The van der Waals surface area contributed by atoms with E-state index in [-0.39, 0.29) is 0 Å². The number of nitrogens with two attached hydrogens (primary N) is 1. The number of rotatable bonds is 4. The van der Waals surface area contributed by atoms with Crippen LogP contribution in [0.25, 0.3) is 0 Å². The highest BCUT2D eigenvalue weighted by Gasteiger charge is 1.98. The summed E-state index contributed by atoms with van der Waals surface area (Å²) in [5.41, 5.74) is 3.92. The van der Waals surface area contributed by atoms with Crippen molar-refractivity contribution in [3.05, 3.63) is 12.2 Å². The van der Waals surface area contributed by atoms with Crippen LogP contribution in [0.1, 0.15) is 26.7 Å². The number of hydrazine groups is 1. The van der Waals surface area contributed by atoms with Crippen molar-refractivity contribution >= 4 is 0 Å². The minimum Gasteiger partial charge on any atom is -0.271 e. The number of hydrogen-bond donors (Lipinski definition) is 2. The zero-order valence-corrected chi connectivity index (χ0v) is 6.28. The van der Waals surface area contributed by atoms with Gasteiger partial charge in [0.25, 0.3) is 0 Å². The lowest BCUT2D eigenvalue weighted by Crippen LogP contribution is -2.32. The van der Waals surface area contributed by atoms with Crippen LogP contribution >= 0.6 is 0 Å². The lowest BCUT2D eigenvalue weighted by Gasteiger charge is -2.09. The highest BCUT2D eigenvalue weighted by Crippen LogP contribution is 2.04. The lowest BCUT2D eigenvalue weighted by atomic mass is 10.1. The average molecular weight is 128 g/mol. The standard InChI is InChI=1S/C7H16N2/c1-4-6(2)5-7(3)9-8/h7,9H,2,4-5,8H2,1,3H3. The van der Waals surface area contributed by atoms with Crippen molar-refractivity contribution in [1.82, 2.24) is 5.43 Å². The molecular formula is C7H16N2. The number of hydrogen-bond acceptors (Lipinski definition) is 2. The third kappa shape index (κ3) is 4.18. The predicted molar refractivity (Wildman–Crippen MR) is 40.8 cm³/mol. The topological polar surface area (TPSA) is 38.0 Å². The third-order valence-electron chi connectivity index (χ3n) is 1.38. The Bertz CT molecular complexity index is 88.9. The molecule has 1 atom stereocenters. The maximum atomic E-state index is 5.18. The molecule has 0 aromatic rings. The van der Waals surface area contributed by atoms with Crippen molar-refractivity contribution in [3.63, 3.8) is 0 Å².